The number of ketones is 1. The molecule has 1 aliphatic heterocycles. The van der Waals surface area contributed by atoms with Gasteiger partial charge in [0.15, 0.2) is 0 Å². The number of allylic oxidation sites excluding steroid dienone is 1. The summed E-state index contributed by atoms with van der Waals surface area (Å²) in [6, 6.07) is 0. The molecule has 0 radical (unpaired) electrons. The maximum Gasteiger partial charge on any atom is 0.138 e. The molecular formula is C10H13BrO2. The van der Waals surface area contributed by atoms with E-state index in [0.29, 0.717) is 12.8 Å². The van der Waals surface area contributed by atoms with Crippen molar-refractivity contribution in [2.24, 2.45) is 0 Å². The summed E-state index contributed by atoms with van der Waals surface area (Å²) in [5, 5.41) is 0.791. The average Bonchev–Trinajstić information content (AvgIpc) is 2.14. The highest BCUT2D eigenvalue weighted by molar-refractivity contribution is 9.09. The topological polar surface area (TPSA) is 26.3 Å². The number of Topliss-reactive ketones (excluding diaryl/α,β-unsaturated/α-hetero) is 1. The zero-order chi connectivity index (χ0) is 9.68. The van der Waals surface area contributed by atoms with Crippen LogP contribution in [0.15, 0.2) is 24.8 Å². The molecule has 3 heteroatoms. The zero-order valence-corrected chi connectivity index (χ0v) is 9.00. The van der Waals surface area contributed by atoms with E-state index >= 15 is 0 Å². The predicted octanol–water partition coefficient (Wildman–Crippen LogP) is 2.24. The van der Waals surface area contributed by atoms with Gasteiger partial charge in [-0.3, -0.25) is 4.79 Å². The standard InChI is InChI=1S/C10H13BrO2/c1-2-9-6-8(12)7-10(13-9)4-3-5-11/h2-4,9-10H,1,5-7H2/b4-3+/t9-,10+/m1/s1. The lowest BCUT2D eigenvalue weighted by molar-refractivity contribution is -0.129. The number of halogens is 1. The van der Waals surface area contributed by atoms with Gasteiger partial charge >= 0.3 is 0 Å². The Hall–Kier alpha value is -0.410. The van der Waals surface area contributed by atoms with E-state index in [1.807, 2.05) is 12.2 Å². The van der Waals surface area contributed by atoms with Crippen LogP contribution < -0.4 is 0 Å². The van der Waals surface area contributed by atoms with Gasteiger partial charge in [-0.1, -0.05) is 34.2 Å². The number of ether oxygens (including phenoxy) is 1. The van der Waals surface area contributed by atoms with Gasteiger partial charge in [-0.2, -0.15) is 0 Å². The van der Waals surface area contributed by atoms with Crippen molar-refractivity contribution in [1.29, 1.82) is 0 Å². The fourth-order valence-corrected chi connectivity index (χ4v) is 1.52. The Labute approximate surface area is 86.8 Å². The first-order valence-electron chi connectivity index (χ1n) is 4.28. The first-order valence-corrected chi connectivity index (χ1v) is 5.40. The summed E-state index contributed by atoms with van der Waals surface area (Å²) in [5.41, 5.74) is 0. The minimum atomic E-state index is -0.105. The van der Waals surface area contributed by atoms with Crippen molar-refractivity contribution in [3.63, 3.8) is 0 Å². The van der Waals surface area contributed by atoms with Crippen molar-refractivity contribution in [3.8, 4) is 0 Å². The summed E-state index contributed by atoms with van der Waals surface area (Å²) in [7, 11) is 0. The molecule has 0 saturated carbocycles. The van der Waals surface area contributed by atoms with Crippen LogP contribution in [0.3, 0.4) is 0 Å². The van der Waals surface area contributed by atoms with Crippen LogP contribution in [0, 0.1) is 0 Å². The van der Waals surface area contributed by atoms with E-state index in [9.17, 15) is 4.79 Å². The van der Waals surface area contributed by atoms with Gasteiger partial charge in [0, 0.05) is 18.2 Å². The van der Waals surface area contributed by atoms with Gasteiger partial charge in [-0.15, -0.1) is 6.58 Å². The molecule has 0 spiro atoms. The van der Waals surface area contributed by atoms with E-state index in [4.69, 9.17) is 4.74 Å². The second kappa shape index (κ2) is 5.35. The van der Waals surface area contributed by atoms with Crippen LogP contribution in [-0.4, -0.2) is 23.3 Å². The molecule has 1 heterocycles. The Morgan fingerprint density at radius 3 is 2.85 bits per heavy atom. The molecule has 0 aromatic rings. The molecule has 1 aliphatic rings. The summed E-state index contributed by atoms with van der Waals surface area (Å²) in [5.74, 6) is 0.250. The molecule has 72 valence electrons. The third-order valence-corrected chi connectivity index (χ3v) is 2.28. The molecule has 13 heavy (non-hydrogen) atoms. The van der Waals surface area contributed by atoms with Crippen molar-refractivity contribution in [1.82, 2.24) is 0 Å². The Morgan fingerprint density at radius 1 is 1.54 bits per heavy atom. The maximum atomic E-state index is 11.2. The molecule has 1 saturated heterocycles. The van der Waals surface area contributed by atoms with E-state index in [1.54, 1.807) is 6.08 Å². The summed E-state index contributed by atoms with van der Waals surface area (Å²) < 4.78 is 5.56. The fraction of sp³-hybridized carbons (Fsp3) is 0.500. The normalized spacial score (nSPS) is 29.5. The molecule has 0 aliphatic carbocycles. The van der Waals surface area contributed by atoms with Crippen LogP contribution in [0.4, 0.5) is 0 Å². The Bertz CT molecular complexity index is 223. The second-order valence-corrected chi connectivity index (χ2v) is 3.63. The molecule has 1 fully saturated rings. The molecule has 0 unspecified atom stereocenters. The molecular weight excluding hydrogens is 232 g/mol. The van der Waals surface area contributed by atoms with Gasteiger partial charge in [-0.05, 0) is 0 Å². The quantitative estimate of drug-likeness (QED) is 0.563. The minimum absolute atomic E-state index is 0.0678. The van der Waals surface area contributed by atoms with E-state index in [-0.39, 0.29) is 18.0 Å². The van der Waals surface area contributed by atoms with Gasteiger partial charge in [0.2, 0.25) is 0 Å². The van der Waals surface area contributed by atoms with Crippen LogP contribution in [0.5, 0.6) is 0 Å². The van der Waals surface area contributed by atoms with Crippen molar-refractivity contribution in [2.75, 3.05) is 5.33 Å². The van der Waals surface area contributed by atoms with Gasteiger partial charge < -0.3 is 4.74 Å². The van der Waals surface area contributed by atoms with Crippen molar-refractivity contribution in [2.45, 2.75) is 25.0 Å². The smallest absolute Gasteiger partial charge is 0.138 e. The van der Waals surface area contributed by atoms with Crippen LogP contribution in [0.2, 0.25) is 0 Å². The average molecular weight is 245 g/mol. The lowest BCUT2D eigenvalue weighted by Crippen LogP contribution is -2.30. The Kier molecular flexibility index (Phi) is 4.39. The van der Waals surface area contributed by atoms with E-state index < -0.39 is 0 Å². The molecule has 2 atom stereocenters. The highest BCUT2D eigenvalue weighted by Crippen LogP contribution is 2.17. The SMILES string of the molecule is C=C[C@@H]1CC(=O)C[C@H](/C=C/CBr)O1. The lowest BCUT2D eigenvalue weighted by Gasteiger charge is -2.25. The molecule has 1 rings (SSSR count). The number of rotatable bonds is 3. The zero-order valence-electron chi connectivity index (χ0n) is 7.41. The molecule has 0 amide bonds. The summed E-state index contributed by atoms with van der Waals surface area (Å²) in [4.78, 5) is 11.2. The highest BCUT2D eigenvalue weighted by Gasteiger charge is 2.23. The third-order valence-electron chi connectivity index (χ3n) is 1.91. The van der Waals surface area contributed by atoms with Crippen LogP contribution >= 0.6 is 15.9 Å². The van der Waals surface area contributed by atoms with Crippen LogP contribution in [-0.2, 0) is 9.53 Å². The summed E-state index contributed by atoms with van der Waals surface area (Å²) in [6.07, 6.45) is 6.35. The van der Waals surface area contributed by atoms with Gasteiger partial charge in [0.25, 0.3) is 0 Å². The van der Waals surface area contributed by atoms with Crippen molar-refractivity contribution >= 4 is 21.7 Å². The minimum Gasteiger partial charge on any atom is -0.366 e. The monoisotopic (exact) mass is 244 g/mol. The Balaban J connectivity index is 2.51. The van der Waals surface area contributed by atoms with Crippen molar-refractivity contribution in [3.05, 3.63) is 24.8 Å². The first kappa shape index (κ1) is 10.7. The fourth-order valence-electron chi connectivity index (χ4n) is 1.31. The van der Waals surface area contributed by atoms with Gasteiger partial charge in [-0.25, -0.2) is 0 Å². The Morgan fingerprint density at radius 2 is 2.23 bits per heavy atom. The van der Waals surface area contributed by atoms with Gasteiger partial charge in [0.1, 0.15) is 5.78 Å². The molecule has 0 aromatic carbocycles. The second-order valence-electron chi connectivity index (χ2n) is 2.98. The molecule has 2 nitrogen and oxygen atoms in total. The summed E-state index contributed by atoms with van der Waals surface area (Å²) in [6.45, 7) is 3.62. The number of hydrogen-bond acceptors (Lipinski definition) is 2. The van der Waals surface area contributed by atoms with E-state index in [1.165, 1.54) is 0 Å². The van der Waals surface area contributed by atoms with Gasteiger partial charge in [0.05, 0.1) is 12.2 Å². The largest absolute Gasteiger partial charge is 0.366 e. The van der Waals surface area contributed by atoms with Crippen LogP contribution in [0.25, 0.3) is 0 Å². The highest BCUT2D eigenvalue weighted by atomic mass is 79.9. The number of alkyl halides is 1. The predicted molar refractivity (Wildman–Crippen MR) is 56.0 cm³/mol. The van der Waals surface area contributed by atoms with E-state index in [0.717, 1.165) is 5.33 Å². The number of carbonyl (C=O) groups excluding carboxylic acids is 1. The molecule has 0 bridgehead atoms. The van der Waals surface area contributed by atoms with E-state index in [2.05, 4.69) is 22.5 Å². The molecule has 0 aromatic heterocycles. The van der Waals surface area contributed by atoms with Crippen molar-refractivity contribution < 1.29 is 9.53 Å². The number of hydrogen-bond donors (Lipinski definition) is 0. The summed E-state index contributed by atoms with van der Waals surface area (Å²) >= 11 is 3.28. The molecule has 0 N–H and O–H groups in total. The maximum absolute atomic E-state index is 11.2. The third kappa shape index (κ3) is 3.44. The lowest BCUT2D eigenvalue weighted by atomic mass is 10.0. The number of carbonyl (C=O) groups is 1. The van der Waals surface area contributed by atoms with Crippen LogP contribution in [0.1, 0.15) is 12.8 Å². The first-order chi connectivity index (χ1) is 6.26.